The van der Waals surface area contributed by atoms with E-state index < -0.39 is 273 Å². The summed E-state index contributed by atoms with van der Waals surface area (Å²) in [5, 5.41) is 58.4. The third-order valence-electron chi connectivity index (χ3n) is 23.6. The zero-order valence-corrected chi connectivity index (χ0v) is 76.2. The molecule has 0 radical (unpaired) electrons. The second-order valence-corrected chi connectivity index (χ2v) is 34.3. The smallest absolute Gasteiger partial charge is 0.305 e. The number of primary amides is 2. The minimum atomic E-state index is -2.09. The molecule has 724 valence electrons. The van der Waals surface area contributed by atoms with Gasteiger partial charge in [0, 0.05) is 113 Å². The number of nitrogens with zero attached hydrogens (tertiary/aromatic N) is 5. The standard InChI is InChI=1S/C88H123N21O23S/c1-8-10-23-66-81(124)97-57(22-16-32-89)77(120)104-65(76(119)95-43-71(92)112)45-133-46-72(113)96-61(34-48-26-28-52(132-7)29-27-48)84(127)105(4)47(3)75(118)101-63(38-70(91)111)87(130)108-33-17-25-67(108)82(125)103-64(40-90)80(123)98-58(30-31-73(114)115)86(129)109-44-51(110)37-69(109)83(126)100-59(35-49-41-93-55-20-14-12-18-53(49)55)78(121)99-60(39-74(116)117)79(122)102-62(36-50-42-94-56-21-15-13-19-54(50)56)85(128)107(6)68(24-11-9-2)88(131)106(66)5/h12-15,18-21,26-29,41-42,47,51,57-69,93-94,110H,8-11,16-17,22-25,30-40,43-46,89-90H2,1-7H3,(H2,91,111)(H2,92,112)(H,95,119)(H,96,113)(H,97,124)(H,98,123)(H,99,121)(H,100,126)(H,101,118)(H,102,122)(H,103,125)(H,104,120)(H,114,115)(H,116,117)/t47-,51+,57-,58-,59-,60-,61-,62-,63+,64-,65-,66-,67-,68-,69-/m0/s1. The molecule has 0 aliphatic carbocycles. The molecule has 45 heteroatoms. The fraction of sp³-hybridized carbons (Fsp3) is 0.534. The van der Waals surface area contributed by atoms with Gasteiger partial charge in [0.2, 0.25) is 100 Å². The second-order valence-electron chi connectivity index (χ2n) is 33.3. The van der Waals surface area contributed by atoms with Gasteiger partial charge in [-0.15, -0.1) is 11.8 Å². The number of aliphatic carboxylic acids is 2. The molecule has 0 spiro atoms. The van der Waals surface area contributed by atoms with Gasteiger partial charge in [0.15, 0.2) is 0 Å². The monoisotopic (exact) mass is 1870 g/mol. The number of thioether (sulfide) groups is 1. The van der Waals surface area contributed by atoms with Crippen LogP contribution in [-0.4, -0.2) is 325 Å². The van der Waals surface area contributed by atoms with Crippen molar-refractivity contribution in [2.75, 3.05) is 72.5 Å². The average Bonchev–Trinajstić information content (AvgIpc) is 1.76. The van der Waals surface area contributed by atoms with E-state index in [4.69, 9.17) is 27.7 Å². The van der Waals surface area contributed by atoms with Gasteiger partial charge >= 0.3 is 11.9 Å². The van der Waals surface area contributed by atoms with Gasteiger partial charge in [0.1, 0.15) is 90.3 Å². The summed E-state index contributed by atoms with van der Waals surface area (Å²) in [5.41, 5.74) is 25.7. The highest BCUT2D eigenvalue weighted by molar-refractivity contribution is 8.00. The van der Waals surface area contributed by atoms with Crippen LogP contribution in [0.5, 0.6) is 5.75 Å². The third kappa shape index (κ3) is 29.3. The van der Waals surface area contributed by atoms with Gasteiger partial charge in [0.05, 0.1) is 38.4 Å². The van der Waals surface area contributed by atoms with Crippen LogP contribution in [0.1, 0.15) is 134 Å². The van der Waals surface area contributed by atoms with Gasteiger partial charge in [-0.2, -0.15) is 0 Å². The number of nitrogens with one attached hydrogen (secondary N) is 12. The van der Waals surface area contributed by atoms with E-state index in [1.807, 2.05) is 13.8 Å². The SMILES string of the molecule is CCCC[C@H]1C(=O)N(C)[C@@H](CCCC)C(=O)N[C@@H](CCCN)C(=O)N[C@H](C(=O)NCC(N)=O)CSCC(=O)N[C@@H](Cc2ccc(OC)cc2)C(=O)N(C)[C@@H](C)C(=O)N[C@H](CC(N)=O)C(=O)N2CCC[C@H]2C(=O)N[C@@H](CN)C(=O)N[C@@H](CCC(=O)O)C(=O)N2C[C@H](O)C[C@H]2C(=O)N[C@@H](Cc2c[nH]c3ccccc23)C(=O)N[C@@H](CC(=O)O)C(=O)N[C@@H](Cc2c[nH]c3ccccc23)C(=O)N1C. The number of likely N-dealkylation sites (N-methyl/N-ethyl adjacent to an activating group) is 3. The number of amides is 17. The van der Waals surface area contributed by atoms with Crippen molar-refractivity contribution in [3.63, 3.8) is 0 Å². The summed E-state index contributed by atoms with van der Waals surface area (Å²) < 4.78 is 5.32. The van der Waals surface area contributed by atoms with Crippen molar-refractivity contribution < 1.29 is 111 Å². The first-order chi connectivity index (χ1) is 63.3. The number of carbonyl (C=O) groups excluding carboxylic acids is 17. The molecule has 8 rings (SSSR count). The van der Waals surface area contributed by atoms with E-state index in [2.05, 4.69) is 63.1 Å². The molecule has 44 nitrogen and oxygen atoms in total. The van der Waals surface area contributed by atoms with Gasteiger partial charge in [-0.1, -0.05) is 88.1 Å². The molecule has 0 bridgehead atoms. The van der Waals surface area contributed by atoms with E-state index in [-0.39, 0.29) is 64.5 Å². The van der Waals surface area contributed by atoms with Crippen LogP contribution >= 0.6 is 11.8 Å². The number of rotatable bonds is 27. The van der Waals surface area contributed by atoms with Crippen LogP contribution in [0.3, 0.4) is 0 Å². The quantitative estimate of drug-likeness (QED) is 0.0239. The number of methoxy groups -OCH3 is 1. The van der Waals surface area contributed by atoms with Crippen molar-refractivity contribution in [3.05, 3.63) is 102 Å². The average molecular weight is 1880 g/mol. The Balaban J connectivity index is 1.20. The molecule has 17 amide bonds. The zero-order chi connectivity index (χ0) is 97.6. The molecule has 133 heavy (non-hydrogen) atoms. The Kier molecular flexibility index (Phi) is 39.8. The van der Waals surface area contributed by atoms with Crippen molar-refractivity contribution in [2.24, 2.45) is 22.9 Å². The summed E-state index contributed by atoms with van der Waals surface area (Å²) in [6, 6.07) is -3.10. The minimum absolute atomic E-state index is 0.0158. The van der Waals surface area contributed by atoms with Crippen LogP contribution in [0.4, 0.5) is 0 Å². The molecule has 23 N–H and O–H groups in total. The molecular weight excluding hydrogens is 1750 g/mol. The summed E-state index contributed by atoms with van der Waals surface area (Å²) in [4.78, 5) is 285. The fourth-order valence-electron chi connectivity index (χ4n) is 16.1. The largest absolute Gasteiger partial charge is 0.497 e. The normalized spacial score (nSPS) is 24.9. The summed E-state index contributed by atoms with van der Waals surface area (Å²) >= 11 is 0.773. The van der Waals surface area contributed by atoms with Gasteiger partial charge in [0.25, 0.3) is 0 Å². The Hall–Kier alpha value is -13.3. The molecule has 3 aliphatic heterocycles. The van der Waals surface area contributed by atoms with Crippen molar-refractivity contribution in [3.8, 4) is 5.75 Å². The number of aromatic nitrogens is 2. The zero-order valence-electron chi connectivity index (χ0n) is 75.4. The van der Waals surface area contributed by atoms with E-state index in [1.54, 1.807) is 79.0 Å². The number of unbranched alkanes of at least 4 members (excludes halogenated alkanes) is 2. The second kappa shape index (κ2) is 50.4. The Labute approximate surface area is 771 Å². The first kappa shape index (κ1) is 105. The number of para-hydroxylation sites is 2. The maximum absolute atomic E-state index is 15.7. The lowest BCUT2D eigenvalue weighted by molar-refractivity contribution is -0.149. The molecule has 5 heterocycles. The van der Waals surface area contributed by atoms with Crippen LogP contribution in [0.15, 0.2) is 85.2 Å². The predicted octanol–water partition coefficient (Wildman–Crippen LogP) is -3.86. The molecule has 3 aliphatic rings. The Morgan fingerprint density at radius 3 is 1.63 bits per heavy atom. The molecule has 3 aromatic carbocycles. The molecule has 3 fully saturated rings. The van der Waals surface area contributed by atoms with E-state index >= 15 is 33.6 Å². The summed E-state index contributed by atoms with van der Waals surface area (Å²) in [5.74, 6) is -21.0. The number of nitrogens with two attached hydrogens (primary N) is 4. The highest BCUT2D eigenvalue weighted by Crippen LogP contribution is 2.28. The van der Waals surface area contributed by atoms with E-state index in [0.29, 0.717) is 69.9 Å². The Morgan fingerprint density at radius 2 is 1.04 bits per heavy atom. The van der Waals surface area contributed by atoms with Crippen molar-refractivity contribution >= 4 is 146 Å². The molecule has 0 unspecified atom stereocenters. The van der Waals surface area contributed by atoms with Gasteiger partial charge < -0.3 is 131 Å². The number of ether oxygens (including phenoxy) is 1. The number of carboxylic acids is 2. The van der Waals surface area contributed by atoms with Gasteiger partial charge in [-0.3, -0.25) is 91.1 Å². The summed E-state index contributed by atoms with van der Waals surface area (Å²) in [7, 11) is 5.25. The molecular formula is C88H123N21O23S. The lowest BCUT2D eigenvalue weighted by atomic mass is 9.99. The first-order valence-electron chi connectivity index (χ1n) is 44.1. The highest BCUT2D eigenvalue weighted by atomic mass is 32.2. The lowest BCUT2D eigenvalue weighted by Gasteiger charge is -2.36. The number of carboxylic acid groups (broad SMARTS) is 2. The predicted molar refractivity (Wildman–Crippen MR) is 483 cm³/mol. The molecule has 3 saturated heterocycles. The maximum Gasteiger partial charge on any atom is 0.305 e. The summed E-state index contributed by atoms with van der Waals surface area (Å²) in [6.07, 6.45) is -1.99. The molecule has 15 atom stereocenters. The highest BCUT2D eigenvalue weighted by Gasteiger charge is 2.47. The lowest BCUT2D eigenvalue weighted by Crippen LogP contribution is -2.61. The molecule has 2 aromatic heterocycles. The number of hydrogen-bond donors (Lipinski definition) is 19. The van der Waals surface area contributed by atoms with Gasteiger partial charge in [-0.25, -0.2) is 0 Å². The number of aliphatic hydroxyl groups is 1. The van der Waals surface area contributed by atoms with Crippen molar-refractivity contribution in [1.29, 1.82) is 0 Å². The summed E-state index contributed by atoms with van der Waals surface area (Å²) in [6.45, 7) is 2.65. The van der Waals surface area contributed by atoms with Crippen LogP contribution in [-0.2, 0) is 110 Å². The minimum Gasteiger partial charge on any atom is -0.497 e. The Morgan fingerprint density at radius 1 is 0.511 bits per heavy atom. The number of aromatic amines is 2. The van der Waals surface area contributed by atoms with Crippen molar-refractivity contribution in [2.45, 2.75) is 227 Å². The molecule has 5 aromatic rings. The van der Waals surface area contributed by atoms with E-state index in [1.165, 1.54) is 41.4 Å². The van der Waals surface area contributed by atoms with E-state index in [9.17, 15) is 72.9 Å². The number of H-pyrrole nitrogens is 2. The van der Waals surface area contributed by atoms with Crippen LogP contribution in [0, 0.1) is 0 Å². The number of carbonyl (C=O) groups is 19. The third-order valence-corrected chi connectivity index (χ3v) is 24.7. The Bertz CT molecular complexity index is 5030. The first-order valence-corrected chi connectivity index (χ1v) is 45.3. The molecule has 0 saturated carbocycles. The number of aliphatic hydroxyl groups excluding tert-OH is 1. The number of hydrogen-bond acceptors (Lipinski definition) is 24. The number of fused-ring (bicyclic) bond motifs is 4. The van der Waals surface area contributed by atoms with Crippen molar-refractivity contribution in [1.82, 2.24) is 87.6 Å². The topological polar surface area (TPSA) is 666 Å². The van der Waals surface area contributed by atoms with Crippen LogP contribution in [0.2, 0.25) is 0 Å². The van der Waals surface area contributed by atoms with Crippen LogP contribution < -0.4 is 80.8 Å². The van der Waals surface area contributed by atoms with Crippen LogP contribution in [0.25, 0.3) is 21.8 Å². The fourth-order valence-corrected chi connectivity index (χ4v) is 17.0. The van der Waals surface area contributed by atoms with E-state index in [0.717, 1.165) is 36.3 Å². The van der Waals surface area contributed by atoms with Gasteiger partial charge in [-0.05, 0) is 99.4 Å². The number of benzene rings is 3. The maximum atomic E-state index is 15.7.